The zero-order valence-corrected chi connectivity index (χ0v) is 10.1. The van der Waals surface area contributed by atoms with Gasteiger partial charge in [-0.25, -0.2) is 8.42 Å². The lowest BCUT2D eigenvalue weighted by molar-refractivity contribution is -0.137. The highest BCUT2D eigenvalue weighted by Gasteiger charge is 2.26. The van der Waals surface area contributed by atoms with Crippen molar-refractivity contribution in [2.75, 3.05) is 5.32 Å². The van der Waals surface area contributed by atoms with E-state index in [1.54, 1.807) is 0 Å². The van der Waals surface area contributed by atoms with Crippen LogP contribution >= 0.6 is 0 Å². The Balaban J connectivity index is 2.91. The van der Waals surface area contributed by atoms with Gasteiger partial charge in [-0.05, 0) is 31.2 Å². The van der Waals surface area contributed by atoms with E-state index in [2.05, 4.69) is 5.32 Å². The fourth-order valence-corrected chi connectivity index (χ4v) is 1.88. The number of carbonyl (C=O) groups is 1. The minimum absolute atomic E-state index is 0.332. The maximum atomic E-state index is 12.2. The van der Waals surface area contributed by atoms with Crippen LogP contribution in [0.25, 0.3) is 0 Å². The van der Waals surface area contributed by atoms with Crippen LogP contribution in [0.3, 0.4) is 0 Å². The summed E-state index contributed by atoms with van der Waals surface area (Å²) in [5, 5.41) is 11.2. The van der Waals surface area contributed by atoms with Gasteiger partial charge in [-0.15, -0.1) is 0 Å². The van der Waals surface area contributed by atoms with Crippen LogP contribution in [0.4, 0.5) is 14.5 Å². The highest BCUT2D eigenvalue weighted by atomic mass is 32.2. The highest BCUT2D eigenvalue weighted by Crippen LogP contribution is 2.20. The Morgan fingerprint density at radius 3 is 2.17 bits per heavy atom. The molecule has 0 bridgehead atoms. The molecule has 1 atom stereocenters. The van der Waals surface area contributed by atoms with Crippen molar-refractivity contribution in [3.63, 3.8) is 0 Å². The van der Waals surface area contributed by atoms with Crippen LogP contribution in [0.1, 0.15) is 6.92 Å². The second kappa shape index (κ2) is 5.30. The number of nitrogens with one attached hydrogen (secondary N) is 1. The Morgan fingerprint density at radius 2 is 1.78 bits per heavy atom. The number of benzene rings is 1. The van der Waals surface area contributed by atoms with Crippen LogP contribution in [0.2, 0.25) is 0 Å². The SMILES string of the molecule is CC(Nc1ccc(S(=O)(=O)C(F)F)cc1)C(=O)O. The zero-order chi connectivity index (χ0) is 13.9. The number of aliphatic carboxylic acids is 1. The number of anilines is 1. The summed E-state index contributed by atoms with van der Waals surface area (Å²) in [5.74, 6) is -4.56. The molecule has 0 spiro atoms. The second-order valence-corrected chi connectivity index (χ2v) is 5.45. The van der Waals surface area contributed by atoms with Crippen molar-refractivity contribution in [2.24, 2.45) is 0 Å². The quantitative estimate of drug-likeness (QED) is 0.854. The van der Waals surface area contributed by atoms with Crippen molar-refractivity contribution in [1.29, 1.82) is 0 Å². The molecule has 0 saturated carbocycles. The molecule has 5 nitrogen and oxygen atoms in total. The molecule has 18 heavy (non-hydrogen) atoms. The van der Waals surface area contributed by atoms with Gasteiger partial charge in [-0.2, -0.15) is 8.78 Å². The fourth-order valence-electron chi connectivity index (χ4n) is 1.16. The minimum atomic E-state index is -4.62. The third-order valence-corrected chi connectivity index (χ3v) is 3.57. The average molecular weight is 279 g/mol. The van der Waals surface area contributed by atoms with Gasteiger partial charge in [0.2, 0.25) is 9.84 Å². The molecule has 1 aromatic rings. The van der Waals surface area contributed by atoms with Gasteiger partial charge in [0.1, 0.15) is 6.04 Å². The molecule has 100 valence electrons. The van der Waals surface area contributed by atoms with Crippen molar-refractivity contribution in [3.8, 4) is 0 Å². The van der Waals surface area contributed by atoms with E-state index in [-0.39, 0.29) is 0 Å². The van der Waals surface area contributed by atoms with E-state index in [0.717, 1.165) is 12.1 Å². The lowest BCUT2D eigenvalue weighted by Gasteiger charge is -2.11. The Morgan fingerprint density at radius 1 is 1.28 bits per heavy atom. The molecule has 2 N–H and O–H groups in total. The van der Waals surface area contributed by atoms with Gasteiger partial charge >= 0.3 is 11.7 Å². The van der Waals surface area contributed by atoms with Crippen LogP contribution < -0.4 is 5.32 Å². The number of rotatable bonds is 5. The maximum Gasteiger partial charge on any atom is 0.341 e. The van der Waals surface area contributed by atoms with Gasteiger partial charge in [-0.1, -0.05) is 0 Å². The van der Waals surface area contributed by atoms with E-state index in [9.17, 15) is 22.0 Å². The Labute approximate surface area is 102 Å². The van der Waals surface area contributed by atoms with Gasteiger partial charge in [0, 0.05) is 5.69 Å². The van der Waals surface area contributed by atoms with Crippen LogP contribution in [0.15, 0.2) is 29.2 Å². The standard InChI is InChI=1S/C10H11F2NO4S/c1-6(9(14)15)13-7-2-4-8(5-3-7)18(16,17)10(11)12/h2-6,10,13H,1H3,(H,14,15). The number of carboxylic acids is 1. The first kappa shape index (κ1) is 14.4. The summed E-state index contributed by atoms with van der Waals surface area (Å²) in [7, 11) is -4.62. The molecule has 0 aliphatic heterocycles. The van der Waals surface area contributed by atoms with Crippen LogP contribution in [-0.2, 0) is 14.6 Å². The monoisotopic (exact) mass is 279 g/mol. The van der Waals surface area contributed by atoms with E-state index in [4.69, 9.17) is 5.11 Å². The van der Waals surface area contributed by atoms with Gasteiger partial charge < -0.3 is 10.4 Å². The Hall–Kier alpha value is -1.70. The molecule has 1 aromatic carbocycles. The molecule has 0 aliphatic rings. The van der Waals surface area contributed by atoms with Crippen molar-refractivity contribution in [1.82, 2.24) is 0 Å². The largest absolute Gasteiger partial charge is 0.480 e. The van der Waals surface area contributed by atoms with Crippen LogP contribution in [0.5, 0.6) is 0 Å². The molecule has 0 radical (unpaired) electrons. The Bertz CT molecular complexity index is 527. The first-order valence-electron chi connectivity index (χ1n) is 4.86. The lowest BCUT2D eigenvalue weighted by atomic mass is 10.2. The topological polar surface area (TPSA) is 83.5 Å². The number of sulfone groups is 1. The first-order chi connectivity index (χ1) is 8.25. The van der Waals surface area contributed by atoms with Gasteiger partial charge in [0.25, 0.3) is 0 Å². The summed E-state index contributed by atoms with van der Waals surface area (Å²) in [6.45, 7) is 1.39. The van der Waals surface area contributed by atoms with Crippen molar-refractivity contribution in [2.45, 2.75) is 23.6 Å². The summed E-state index contributed by atoms with van der Waals surface area (Å²) < 4.78 is 46.7. The second-order valence-electron chi connectivity index (χ2n) is 3.53. The van der Waals surface area contributed by atoms with Crippen molar-refractivity contribution in [3.05, 3.63) is 24.3 Å². The molecule has 1 rings (SSSR count). The molecule has 0 aliphatic carbocycles. The summed E-state index contributed by atoms with van der Waals surface area (Å²) in [6, 6.07) is 3.59. The fraction of sp³-hybridized carbons (Fsp3) is 0.300. The first-order valence-corrected chi connectivity index (χ1v) is 6.41. The molecule has 0 amide bonds. The summed E-state index contributed by atoms with van der Waals surface area (Å²) in [4.78, 5) is 10.1. The third-order valence-electron chi connectivity index (χ3n) is 2.17. The van der Waals surface area contributed by atoms with Crippen LogP contribution in [0, 0.1) is 0 Å². The minimum Gasteiger partial charge on any atom is -0.480 e. The molecule has 8 heteroatoms. The molecule has 0 fully saturated rings. The number of hydrogen-bond acceptors (Lipinski definition) is 4. The van der Waals surface area contributed by atoms with E-state index < -0.39 is 32.5 Å². The lowest BCUT2D eigenvalue weighted by Crippen LogP contribution is -2.25. The summed E-state index contributed by atoms with van der Waals surface area (Å²) >= 11 is 0. The molecular weight excluding hydrogens is 268 g/mol. The van der Waals surface area contributed by atoms with Gasteiger partial charge in [-0.3, -0.25) is 4.79 Å². The van der Waals surface area contributed by atoms with Crippen LogP contribution in [-0.4, -0.2) is 31.3 Å². The van der Waals surface area contributed by atoms with E-state index >= 15 is 0 Å². The smallest absolute Gasteiger partial charge is 0.341 e. The molecule has 1 unspecified atom stereocenters. The third kappa shape index (κ3) is 3.16. The van der Waals surface area contributed by atoms with Gasteiger partial charge in [0.15, 0.2) is 0 Å². The molecule has 0 heterocycles. The normalized spacial score (nSPS) is 13.3. The number of alkyl halides is 2. The van der Waals surface area contributed by atoms with E-state index in [0.29, 0.717) is 5.69 Å². The summed E-state index contributed by atoms with van der Waals surface area (Å²) in [6.07, 6.45) is 0. The molecule has 0 aromatic heterocycles. The maximum absolute atomic E-state index is 12.2. The highest BCUT2D eigenvalue weighted by molar-refractivity contribution is 7.91. The Kier molecular flexibility index (Phi) is 4.23. The predicted octanol–water partition coefficient (Wildman–Crippen LogP) is 1.57. The van der Waals surface area contributed by atoms with E-state index in [1.807, 2.05) is 0 Å². The zero-order valence-electron chi connectivity index (χ0n) is 9.30. The summed E-state index contributed by atoms with van der Waals surface area (Å²) in [5.41, 5.74) is 0.332. The number of halogens is 2. The van der Waals surface area contributed by atoms with Crippen molar-refractivity contribution < 1.29 is 27.1 Å². The number of hydrogen-bond donors (Lipinski definition) is 2. The average Bonchev–Trinajstić information content (AvgIpc) is 2.29. The predicted molar refractivity (Wildman–Crippen MR) is 60.4 cm³/mol. The number of carboxylic acid groups (broad SMARTS) is 1. The van der Waals surface area contributed by atoms with Crippen molar-refractivity contribution >= 4 is 21.5 Å². The van der Waals surface area contributed by atoms with Gasteiger partial charge in [0.05, 0.1) is 4.90 Å². The molecular formula is C10H11F2NO4S. The van der Waals surface area contributed by atoms with E-state index in [1.165, 1.54) is 19.1 Å². The molecule has 0 saturated heterocycles.